The predicted molar refractivity (Wildman–Crippen MR) is 97.3 cm³/mol. The van der Waals surface area contributed by atoms with Gasteiger partial charge in [0.25, 0.3) is 0 Å². The molecule has 0 spiro atoms. The lowest BCUT2D eigenvalue weighted by Crippen LogP contribution is -2.42. The van der Waals surface area contributed by atoms with Gasteiger partial charge in [-0.1, -0.05) is 0 Å². The van der Waals surface area contributed by atoms with Crippen molar-refractivity contribution in [1.82, 2.24) is 14.8 Å². The molecule has 0 saturated heterocycles. The Hall–Kier alpha value is -2.95. The van der Waals surface area contributed by atoms with Gasteiger partial charge in [-0.15, -0.1) is 4.83 Å². The van der Waals surface area contributed by atoms with Gasteiger partial charge in [-0.25, -0.2) is 4.98 Å². The largest absolute Gasteiger partial charge is 0.495 e. The number of nitrogens with one attached hydrogen (secondary N) is 1. The van der Waals surface area contributed by atoms with Crippen molar-refractivity contribution in [3.05, 3.63) is 48.8 Å². The van der Waals surface area contributed by atoms with Crippen LogP contribution in [0, 0.1) is 0 Å². The number of hydrazine groups is 1. The lowest BCUT2D eigenvalue weighted by atomic mass is 10.3. The van der Waals surface area contributed by atoms with Crippen LogP contribution in [0.4, 0.5) is 5.69 Å². The van der Waals surface area contributed by atoms with Gasteiger partial charge in [0, 0.05) is 25.4 Å². The molecule has 0 radical (unpaired) electrons. The number of nitrogens with zero attached hydrogens (tertiary/aromatic N) is 3. The van der Waals surface area contributed by atoms with Gasteiger partial charge in [0.1, 0.15) is 17.0 Å². The van der Waals surface area contributed by atoms with E-state index in [-0.39, 0.29) is 0 Å². The lowest BCUT2D eigenvalue weighted by molar-refractivity contribution is 0.413. The number of hydrogen-bond donors (Lipinski definition) is 2. The maximum atomic E-state index is 11.7. The van der Waals surface area contributed by atoms with Crippen LogP contribution in [0.15, 0.2) is 48.8 Å². The van der Waals surface area contributed by atoms with Crippen LogP contribution in [0.5, 0.6) is 17.2 Å². The Morgan fingerprint density at radius 3 is 2.50 bits per heavy atom. The topological polar surface area (TPSA) is 120 Å². The summed E-state index contributed by atoms with van der Waals surface area (Å²) in [5.74, 6) is 6.67. The van der Waals surface area contributed by atoms with Crippen LogP contribution in [0.1, 0.15) is 0 Å². The number of nitrogens with two attached hydrogens (primary N) is 1. The van der Waals surface area contributed by atoms with E-state index < -0.39 is 10.2 Å². The van der Waals surface area contributed by atoms with Crippen molar-refractivity contribution < 1.29 is 17.9 Å². The SMILES string of the molecule is COc1cnc2c(Oc3ccc(N(C)S(=O)(=O)NN)cc3)ccnc2c1. The molecule has 3 rings (SSSR count). The number of benzene rings is 1. The first kappa shape index (κ1) is 17.9. The normalized spacial score (nSPS) is 11.3. The van der Waals surface area contributed by atoms with Crippen molar-refractivity contribution in [2.75, 3.05) is 18.5 Å². The minimum absolute atomic E-state index is 0.428. The summed E-state index contributed by atoms with van der Waals surface area (Å²) in [6, 6.07) is 9.96. The summed E-state index contributed by atoms with van der Waals surface area (Å²) in [5.41, 5.74) is 1.65. The Morgan fingerprint density at radius 1 is 1.12 bits per heavy atom. The fourth-order valence-corrected chi connectivity index (χ4v) is 2.81. The van der Waals surface area contributed by atoms with Crippen LogP contribution in [0.2, 0.25) is 0 Å². The standard InChI is InChI=1S/C16H17N5O4S/c1-21(26(22,23)20-17)11-3-5-12(6-4-11)25-15-7-8-18-14-9-13(24-2)10-19-16(14)15/h3-10,20H,17H2,1-2H3. The van der Waals surface area contributed by atoms with E-state index in [1.807, 2.05) is 0 Å². The van der Waals surface area contributed by atoms with E-state index in [0.29, 0.717) is 34.0 Å². The van der Waals surface area contributed by atoms with Crippen LogP contribution >= 0.6 is 0 Å². The highest BCUT2D eigenvalue weighted by Crippen LogP contribution is 2.30. The zero-order chi connectivity index (χ0) is 18.7. The van der Waals surface area contributed by atoms with Gasteiger partial charge >= 0.3 is 10.2 Å². The monoisotopic (exact) mass is 375 g/mol. The number of aromatic nitrogens is 2. The first-order valence-corrected chi connectivity index (χ1v) is 8.91. The van der Waals surface area contributed by atoms with Crippen molar-refractivity contribution >= 4 is 26.9 Å². The van der Waals surface area contributed by atoms with Gasteiger partial charge in [0.2, 0.25) is 0 Å². The third-order valence-corrected chi connectivity index (χ3v) is 4.92. The summed E-state index contributed by atoms with van der Waals surface area (Å²) in [6.45, 7) is 0. The van der Waals surface area contributed by atoms with E-state index in [1.165, 1.54) is 7.05 Å². The van der Waals surface area contributed by atoms with Crippen molar-refractivity contribution in [2.45, 2.75) is 0 Å². The fraction of sp³-hybridized carbons (Fsp3) is 0.125. The molecule has 0 saturated carbocycles. The highest BCUT2D eigenvalue weighted by molar-refractivity contribution is 7.90. The Balaban J connectivity index is 1.87. The third-order valence-electron chi connectivity index (χ3n) is 3.69. The fourth-order valence-electron chi connectivity index (χ4n) is 2.25. The summed E-state index contributed by atoms with van der Waals surface area (Å²) < 4.78 is 35.4. The molecule has 0 aliphatic carbocycles. The maximum Gasteiger partial charge on any atom is 0.313 e. The molecule has 0 amide bonds. The van der Waals surface area contributed by atoms with Crippen LogP contribution in [0.3, 0.4) is 0 Å². The van der Waals surface area contributed by atoms with E-state index in [1.54, 1.807) is 60.7 Å². The maximum absolute atomic E-state index is 11.7. The minimum Gasteiger partial charge on any atom is -0.495 e. The Labute approximate surface area is 150 Å². The van der Waals surface area contributed by atoms with Gasteiger partial charge in [-0.3, -0.25) is 15.1 Å². The third kappa shape index (κ3) is 3.52. The Bertz CT molecular complexity index is 1020. The van der Waals surface area contributed by atoms with E-state index >= 15 is 0 Å². The molecule has 0 unspecified atom stereocenters. The molecule has 0 atom stereocenters. The van der Waals surface area contributed by atoms with Gasteiger partial charge in [-0.2, -0.15) is 8.42 Å². The highest BCUT2D eigenvalue weighted by atomic mass is 32.2. The summed E-state index contributed by atoms with van der Waals surface area (Å²) >= 11 is 0. The first-order chi connectivity index (χ1) is 12.4. The highest BCUT2D eigenvalue weighted by Gasteiger charge is 2.16. The summed E-state index contributed by atoms with van der Waals surface area (Å²) in [4.78, 5) is 10.3. The van der Waals surface area contributed by atoms with Crippen LogP contribution in [0.25, 0.3) is 11.0 Å². The average molecular weight is 375 g/mol. The van der Waals surface area contributed by atoms with E-state index in [0.717, 1.165) is 4.31 Å². The number of rotatable bonds is 6. The molecule has 3 aromatic rings. The zero-order valence-electron chi connectivity index (χ0n) is 14.1. The molecule has 0 bridgehead atoms. The van der Waals surface area contributed by atoms with Crippen molar-refractivity contribution in [2.24, 2.45) is 5.84 Å². The number of fused-ring (bicyclic) bond motifs is 1. The van der Waals surface area contributed by atoms with E-state index in [2.05, 4.69) is 9.97 Å². The molecule has 10 heteroatoms. The second-order valence-electron chi connectivity index (χ2n) is 5.24. The van der Waals surface area contributed by atoms with E-state index in [9.17, 15) is 8.42 Å². The molecule has 26 heavy (non-hydrogen) atoms. The Morgan fingerprint density at radius 2 is 1.85 bits per heavy atom. The smallest absolute Gasteiger partial charge is 0.313 e. The molecule has 0 aliphatic rings. The quantitative estimate of drug-likeness (QED) is 0.496. The summed E-state index contributed by atoms with van der Waals surface area (Å²) in [5, 5.41) is 0. The molecular formula is C16H17N5O4S. The van der Waals surface area contributed by atoms with Gasteiger partial charge in [0.15, 0.2) is 5.75 Å². The van der Waals surface area contributed by atoms with Crippen molar-refractivity contribution in [1.29, 1.82) is 0 Å². The molecule has 3 N–H and O–H groups in total. The number of methoxy groups -OCH3 is 1. The second kappa shape index (κ2) is 7.12. The molecule has 0 fully saturated rings. The molecule has 0 aliphatic heterocycles. The summed E-state index contributed by atoms with van der Waals surface area (Å²) in [6.07, 6.45) is 3.19. The van der Waals surface area contributed by atoms with Crippen LogP contribution < -0.4 is 24.5 Å². The number of ether oxygens (including phenoxy) is 2. The summed E-state index contributed by atoms with van der Waals surface area (Å²) in [7, 11) is -0.823. The molecule has 1 aromatic carbocycles. The minimum atomic E-state index is -3.77. The second-order valence-corrected chi connectivity index (χ2v) is 6.97. The lowest BCUT2D eigenvalue weighted by Gasteiger charge is -2.18. The molecule has 2 heterocycles. The molecule has 136 valence electrons. The Kier molecular flexibility index (Phi) is 4.89. The molecule has 9 nitrogen and oxygen atoms in total. The number of pyridine rings is 2. The van der Waals surface area contributed by atoms with Crippen molar-refractivity contribution in [3.8, 4) is 17.2 Å². The molecular weight excluding hydrogens is 358 g/mol. The van der Waals surface area contributed by atoms with E-state index in [4.69, 9.17) is 15.3 Å². The predicted octanol–water partition coefficient (Wildman–Crippen LogP) is 1.57. The zero-order valence-corrected chi connectivity index (χ0v) is 14.9. The van der Waals surface area contributed by atoms with Crippen LogP contribution in [-0.2, 0) is 10.2 Å². The number of anilines is 1. The van der Waals surface area contributed by atoms with Gasteiger partial charge in [0.05, 0.1) is 24.5 Å². The average Bonchev–Trinajstić information content (AvgIpc) is 2.67. The molecule has 2 aromatic heterocycles. The van der Waals surface area contributed by atoms with Gasteiger partial charge < -0.3 is 9.47 Å². The van der Waals surface area contributed by atoms with Crippen LogP contribution in [-0.4, -0.2) is 32.5 Å². The van der Waals surface area contributed by atoms with Gasteiger partial charge in [-0.05, 0) is 24.3 Å². The first-order valence-electron chi connectivity index (χ1n) is 7.47. The van der Waals surface area contributed by atoms with Crippen molar-refractivity contribution in [3.63, 3.8) is 0 Å². The number of hydrogen-bond acceptors (Lipinski definition) is 7.